The molecule has 110 valence electrons. The number of nitrogens with two attached hydrogens (primary N) is 1. The van der Waals surface area contributed by atoms with Crippen LogP contribution < -0.4 is 5.73 Å². The molecule has 1 aliphatic heterocycles. The van der Waals surface area contributed by atoms with E-state index in [9.17, 15) is 5.11 Å². The molecule has 0 amide bonds. The van der Waals surface area contributed by atoms with Gasteiger partial charge in [0.15, 0.2) is 0 Å². The van der Waals surface area contributed by atoms with Gasteiger partial charge in [0.1, 0.15) is 4.99 Å². The van der Waals surface area contributed by atoms with Crippen LogP contribution in [0.1, 0.15) is 42.9 Å². The van der Waals surface area contributed by atoms with Gasteiger partial charge in [-0.05, 0) is 56.8 Å². The van der Waals surface area contributed by atoms with Crippen molar-refractivity contribution in [3.63, 3.8) is 0 Å². The van der Waals surface area contributed by atoms with Crippen molar-refractivity contribution in [2.75, 3.05) is 13.1 Å². The summed E-state index contributed by atoms with van der Waals surface area (Å²) in [5.41, 5.74) is 8.63. The Labute approximate surface area is 126 Å². The zero-order valence-corrected chi connectivity index (χ0v) is 13.2. The SMILES string of the molecule is Cc1cc(C(N)=S)ccc1CN1CCCC(C)(O)CC1. The Hall–Kier alpha value is -0.970. The van der Waals surface area contributed by atoms with Gasteiger partial charge in [0.05, 0.1) is 5.60 Å². The van der Waals surface area contributed by atoms with Crippen molar-refractivity contribution in [3.05, 3.63) is 34.9 Å². The highest BCUT2D eigenvalue weighted by Gasteiger charge is 2.24. The highest BCUT2D eigenvalue weighted by molar-refractivity contribution is 7.80. The van der Waals surface area contributed by atoms with E-state index in [2.05, 4.69) is 24.0 Å². The number of benzene rings is 1. The van der Waals surface area contributed by atoms with E-state index in [4.69, 9.17) is 18.0 Å². The Balaban J connectivity index is 2.05. The number of aliphatic hydroxyl groups is 1. The minimum Gasteiger partial charge on any atom is -0.390 e. The topological polar surface area (TPSA) is 49.5 Å². The second-order valence-corrected chi connectivity index (χ2v) is 6.57. The van der Waals surface area contributed by atoms with Gasteiger partial charge >= 0.3 is 0 Å². The molecule has 1 unspecified atom stereocenters. The van der Waals surface area contributed by atoms with Crippen LogP contribution in [-0.4, -0.2) is 33.7 Å². The largest absolute Gasteiger partial charge is 0.390 e. The molecule has 0 radical (unpaired) electrons. The monoisotopic (exact) mass is 292 g/mol. The molecule has 4 heteroatoms. The average Bonchev–Trinajstić information content (AvgIpc) is 2.53. The lowest BCUT2D eigenvalue weighted by atomic mass is 9.98. The molecule has 1 atom stereocenters. The van der Waals surface area contributed by atoms with Crippen LogP contribution >= 0.6 is 12.2 Å². The number of aryl methyl sites for hydroxylation is 1. The summed E-state index contributed by atoms with van der Waals surface area (Å²) in [6, 6.07) is 6.18. The Bertz CT molecular complexity index is 499. The first-order valence-electron chi connectivity index (χ1n) is 7.21. The summed E-state index contributed by atoms with van der Waals surface area (Å²) >= 11 is 5.01. The number of hydrogen-bond acceptors (Lipinski definition) is 3. The van der Waals surface area contributed by atoms with Crippen molar-refractivity contribution in [2.24, 2.45) is 5.73 Å². The lowest BCUT2D eigenvalue weighted by molar-refractivity contribution is 0.0444. The lowest BCUT2D eigenvalue weighted by Gasteiger charge is -2.23. The van der Waals surface area contributed by atoms with Gasteiger partial charge in [0.25, 0.3) is 0 Å². The maximum atomic E-state index is 10.1. The Morgan fingerprint density at radius 2 is 2.15 bits per heavy atom. The van der Waals surface area contributed by atoms with Crippen molar-refractivity contribution in [2.45, 2.75) is 45.3 Å². The van der Waals surface area contributed by atoms with Crippen LogP contribution in [0.5, 0.6) is 0 Å². The molecule has 1 aromatic rings. The van der Waals surface area contributed by atoms with Crippen molar-refractivity contribution in [1.82, 2.24) is 4.90 Å². The van der Waals surface area contributed by atoms with Crippen LogP contribution in [0, 0.1) is 6.92 Å². The third-order valence-corrected chi connectivity index (χ3v) is 4.41. The normalized spacial score (nSPS) is 24.4. The van der Waals surface area contributed by atoms with Gasteiger partial charge in [0, 0.05) is 18.7 Å². The molecule has 1 aromatic carbocycles. The molecule has 20 heavy (non-hydrogen) atoms. The van der Waals surface area contributed by atoms with Crippen molar-refractivity contribution in [1.29, 1.82) is 0 Å². The number of thiocarbonyl (C=S) groups is 1. The van der Waals surface area contributed by atoms with E-state index in [0.29, 0.717) is 4.99 Å². The maximum Gasteiger partial charge on any atom is 0.103 e. The van der Waals surface area contributed by atoms with Crippen LogP contribution in [0.3, 0.4) is 0 Å². The highest BCUT2D eigenvalue weighted by Crippen LogP contribution is 2.23. The first-order chi connectivity index (χ1) is 9.37. The summed E-state index contributed by atoms with van der Waals surface area (Å²) in [6.07, 6.45) is 2.79. The highest BCUT2D eigenvalue weighted by atomic mass is 32.1. The first-order valence-corrected chi connectivity index (χ1v) is 7.62. The predicted molar refractivity (Wildman–Crippen MR) is 86.8 cm³/mol. The second kappa shape index (κ2) is 6.20. The molecule has 0 saturated carbocycles. The summed E-state index contributed by atoms with van der Waals surface area (Å²) < 4.78 is 0. The van der Waals surface area contributed by atoms with Gasteiger partial charge in [-0.25, -0.2) is 0 Å². The smallest absolute Gasteiger partial charge is 0.103 e. The number of likely N-dealkylation sites (tertiary alicyclic amines) is 1. The van der Waals surface area contributed by atoms with Crippen molar-refractivity contribution >= 4 is 17.2 Å². The van der Waals surface area contributed by atoms with E-state index in [-0.39, 0.29) is 0 Å². The van der Waals surface area contributed by atoms with E-state index in [0.717, 1.165) is 44.5 Å². The van der Waals surface area contributed by atoms with Crippen LogP contribution in [0.4, 0.5) is 0 Å². The minimum atomic E-state index is -0.501. The number of nitrogens with zero attached hydrogens (tertiary/aromatic N) is 1. The van der Waals surface area contributed by atoms with Crippen molar-refractivity contribution < 1.29 is 5.11 Å². The van der Waals surface area contributed by atoms with Gasteiger partial charge < -0.3 is 10.8 Å². The van der Waals surface area contributed by atoms with Gasteiger partial charge in [-0.1, -0.05) is 24.4 Å². The molecule has 1 aliphatic rings. The molecule has 3 nitrogen and oxygen atoms in total. The van der Waals surface area contributed by atoms with Crippen LogP contribution in [0.2, 0.25) is 0 Å². The average molecular weight is 292 g/mol. The Morgan fingerprint density at radius 1 is 1.40 bits per heavy atom. The molecule has 1 fully saturated rings. The third kappa shape index (κ3) is 4.01. The molecular weight excluding hydrogens is 268 g/mol. The fourth-order valence-electron chi connectivity index (χ4n) is 2.74. The molecular formula is C16H24N2OS. The zero-order valence-electron chi connectivity index (χ0n) is 12.4. The predicted octanol–water partition coefficient (Wildman–Crippen LogP) is 2.37. The molecule has 0 aliphatic carbocycles. The van der Waals surface area contributed by atoms with E-state index >= 15 is 0 Å². The molecule has 0 spiro atoms. The molecule has 1 heterocycles. The number of rotatable bonds is 3. The summed E-state index contributed by atoms with van der Waals surface area (Å²) in [7, 11) is 0. The van der Waals surface area contributed by atoms with Crippen LogP contribution in [0.15, 0.2) is 18.2 Å². The minimum absolute atomic E-state index is 0.450. The summed E-state index contributed by atoms with van der Waals surface area (Å²) in [5, 5.41) is 10.1. The van der Waals surface area contributed by atoms with E-state index < -0.39 is 5.60 Å². The van der Waals surface area contributed by atoms with Gasteiger partial charge in [-0.3, -0.25) is 4.90 Å². The van der Waals surface area contributed by atoms with Crippen LogP contribution in [0.25, 0.3) is 0 Å². The van der Waals surface area contributed by atoms with E-state index in [1.807, 2.05) is 13.0 Å². The molecule has 3 N–H and O–H groups in total. The summed E-state index contributed by atoms with van der Waals surface area (Å²) in [5.74, 6) is 0. The standard InChI is InChI=1S/C16H24N2OS/c1-12-10-13(15(17)20)4-5-14(12)11-18-8-3-6-16(2,19)7-9-18/h4-5,10,19H,3,6-9,11H2,1-2H3,(H2,17,20). The van der Waals surface area contributed by atoms with Gasteiger partial charge in [-0.2, -0.15) is 0 Å². The third-order valence-electron chi connectivity index (χ3n) is 4.18. The van der Waals surface area contributed by atoms with Gasteiger partial charge in [0.2, 0.25) is 0 Å². The first kappa shape index (κ1) is 15.4. The quantitative estimate of drug-likeness (QED) is 0.840. The lowest BCUT2D eigenvalue weighted by Crippen LogP contribution is -2.28. The molecule has 1 saturated heterocycles. The number of hydrogen-bond donors (Lipinski definition) is 2. The molecule has 0 aromatic heterocycles. The fourth-order valence-corrected chi connectivity index (χ4v) is 2.87. The van der Waals surface area contributed by atoms with Crippen molar-refractivity contribution in [3.8, 4) is 0 Å². The Morgan fingerprint density at radius 3 is 2.80 bits per heavy atom. The molecule has 0 bridgehead atoms. The van der Waals surface area contributed by atoms with Crippen LogP contribution in [-0.2, 0) is 6.54 Å². The summed E-state index contributed by atoms with van der Waals surface area (Å²) in [6.45, 7) is 6.97. The van der Waals surface area contributed by atoms with Gasteiger partial charge in [-0.15, -0.1) is 0 Å². The van der Waals surface area contributed by atoms with E-state index in [1.54, 1.807) is 0 Å². The fraction of sp³-hybridized carbons (Fsp3) is 0.562. The van der Waals surface area contributed by atoms with E-state index in [1.165, 1.54) is 11.1 Å². The summed E-state index contributed by atoms with van der Waals surface area (Å²) in [4.78, 5) is 2.87. The Kier molecular flexibility index (Phi) is 4.78. The molecule has 2 rings (SSSR count). The second-order valence-electron chi connectivity index (χ2n) is 6.13. The zero-order chi connectivity index (χ0) is 14.8. The maximum absolute atomic E-state index is 10.1.